The van der Waals surface area contributed by atoms with Crippen LogP contribution in [0.4, 0.5) is 13.2 Å². The molecular formula is C11H20F3NO3. The van der Waals surface area contributed by atoms with Crippen LogP contribution in [0.25, 0.3) is 0 Å². The van der Waals surface area contributed by atoms with E-state index in [9.17, 15) is 18.0 Å². The number of likely N-dealkylation sites (N-methyl/N-ethyl adjacent to an activating group) is 1. The van der Waals surface area contributed by atoms with E-state index in [1.165, 1.54) is 6.92 Å². The van der Waals surface area contributed by atoms with Crippen molar-refractivity contribution in [3.05, 3.63) is 0 Å². The Hall–Kier alpha value is -0.820. The lowest BCUT2D eigenvalue weighted by Gasteiger charge is -2.28. The van der Waals surface area contributed by atoms with Crippen molar-refractivity contribution in [2.45, 2.75) is 51.4 Å². The lowest BCUT2D eigenvalue weighted by molar-refractivity contribution is -0.153. The van der Waals surface area contributed by atoms with Crippen molar-refractivity contribution >= 4 is 5.97 Å². The van der Waals surface area contributed by atoms with Crippen molar-refractivity contribution in [1.82, 2.24) is 5.32 Å². The second-order valence-corrected chi connectivity index (χ2v) is 4.42. The van der Waals surface area contributed by atoms with Gasteiger partial charge in [0.2, 0.25) is 0 Å². The van der Waals surface area contributed by atoms with Crippen LogP contribution < -0.4 is 5.32 Å². The van der Waals surface area contributed by atoms with E-state index >= 15 is 0 Å². The third kappa shape index (κ3) is 6.80. The number of carbonyl (C=O) groups is 1. The van der Waals surface area contributed by atoms with Gasteiger partial charge in [0.15, 0.2) is 0 Å². The van der Waals surface area contributed by atoms with Gasteiger partial charge in [-0.3, -0.25) is 4.79 Å². The van der Waals surface area contributed by atoms with Gasteiger partial charge in [-0.05, 0) is 20.4 Å². The summed E-state index contributed by atoms with van der Waals surface area (Å²) in [6.07, 6.45) is -5.74. The van der Waals surface area contributed by atoms with E-state index in [0.717, 1.165) is 0 Å². The molecule has 0 aromatic heterocycles. The van der Waals surface area contributed by atoms with E-state index in [-0.39, 0.29) is 6.42 Å². The van der Waals surface area contributed by atoms with Crippen molar-refractivity contribution in [3.63, 3.8) is 0 Å². The van der Waals surface area contributed by atoms with Crippen molar-refractivity contribution in [2.75, 3.05) is 13.2 Å². The highest BCUT2D eigenvalue weighted by atomic mass is 19.4. The first-order valence-electron chi connectivity index (χ1n) is 5.77. The van der Waals surface area contributed by atoms with Crippen molar-refractivity contribution in [2.24, 2.45) is 0 Å². The molecule has 0 aliphatic rings. The molecule has 0 fully saturated rings. The van der Waals surface area contributed by atoms with E-state index in [0.29, 0.717) is 6.54 Å². The summed E-state index contributed by atoms with van der Waals surface area (Å²) < 4.78 is 40.7. The normalized spacial score (nSPS) is 17.2. The summed E-state index contributed by atoms with van der Waals surface area (Å²) in [5.41, 5.74) is -1.19. The van der Waals surface area contributed by atoms with Gasteiger partial charge >= 0.3 is 12.1 Å². The molecular weight excluding hydrogens is 251 g/mol. The average molecular weight is 271 g/mol. The molecule has 7 heteroatoms. The van der Waals surface area contributed by atoms with Crippen LogP contribution in [-0.2, 0) is 9.53 Å². The van der Waals surface area contributed by atoms with E-state index in [2.05, 4.69) is 5.32 Å². The van der Waals surface area contributed by atoms with Gasteiger partial charge in [0.25, 0.3) is 0 Å². The van der Waals surface area contributed by atoms with Gasteiger partial charge in [0, 0.05) is 6.42 Å². The van der Waals surface area contributed by atoms with Crippen LogP contribution in [0, 0.1) is 0 Å². The number of hydrogen-bond acceptors (Lipinski definition) is 3. The monoisotopic (exact) mass is 271 g/mol. The van der Waals surface area contributed by atoms with Gasteiger partial charge in [0.05, 0.1) is 19.1 Å². The van der Waals surface area contributed by atoms with Crippen LogP contribution in [-0.4, -0.2) is 42.0 Å². The molecule has 0 amide bonds. The van der Waals surface area contributed by atoms with Gasteiger partial charge in [-0.15, -0.1) is 0 Å². The highest BCUT2D eigenvalue weighted by Crippen LogP contribution is 2.21. The number of carboxylic acid groups (broad SMARTS) is 1. The summed E-state index contributed by atoms with van der Waals surface area (Å²) in [5.74, 6) is -1.05. The molecule has 0 radical (unpaired) electrons. The van der Waals surface area contributed by atoms with Crippen LogP contribution in [0.5, 0.6) is 0 Å². The Kier molecular flexibility index (Phi) is 6.62. The van der Waals surface area contributed by atoms with E-state index in [4.69, 9.17) is 9.84 Å². The van der Waals surface area contributed by atoms with E-state index in [1.807, 2.05) is 0 Å². The number of hydrogen-bond donors (Lipinski definition) is 2. The number of ether oxygens (including phenoxy) is 1. The van der Waals surface area contributed by atoms with Crippen molar-refractivity contribution in [3.8, 4) is 0 Å². The summed E-state index contributed by atoms with van der Waals surface area (Å²) in [4.78, 5) is 11.1. The minimum Gasteiger partial charge on any atom is -0.480 e. The largest absolute Gasteiger partial charge is 0.480 e. The molecule has 2 unspecified atom stereocenters. The summed E-state index contributed by atoms with van der Waals surface area (Å²) in [5, 5.41) is 11.9. The fourth-order valence-corrected chi connectivity index (χ4v) is 1.63. The fourth-order valence-electron chi connectivity index (χ4n) is 1.63. The van der Waals surface area contributed by atoms with Crippen LogP contribution in [0.1, 0.15) is 33.6 Å². The van der Waals surface area contributed by atoms with Gasteiger partial charge < -0.3 is 15.2 Å². The number of nitrogens with one attached hydrogen (secondary N) is 1. The van der Waals surface area contributed by atoms with Crippen molar-refractivity contribution < 1.29 is 27.8 Å². The molecule has 0 aromatic rings. The third-order valence-electron chi connectivity index (χ3n) is 2.52. The molecule has 0 saturated carbocycles. The summed E-state index contributed by atoms with van der Waals surface area (Å²) in [7, 11) is 0. The molecule has 108 valence electrons. The number of rotatable bonds is 8. The highest BCUT2D eigenvalue weighted by molar-refractivity contribution is 5.78. The molecule has 0 saturated heterocycles. The Bertz CT molecular complexity index is 271. The summed E-state index contributed by atoms with van der Waals surface area (Å²) in [6.45, 7) is 4.82. The third-order valence-corrected chi connectivity index (χ3v) is 2.52. The minimum atomic E-state index is -4.25. The molecule has 2 N–H and O–H groups in total. The zero-order chi connectivity index (χ0) is 14.4. The number of alkyl halides is 3. The molecule has 2 atom stereocenters. The van der Waals surface area contributed by atoms with Gasteiger partial charge in [-0.1, -0.05) is 6.92 Å². The molecule has 0 aliphatic carbocycles. The maximum Gasteiger partial charge on any atom is 0.391 e. The topological polar surface area (TPSA) is 58.6 Å². The summed E-state index contributed by atoms with van der Waals surface area (Å²) in [6, 6.07) is 0. The summed E-state index contributed by atoms with van der Waals surface area (Å²) >= 11 is 0. The number of halogens is 3. The van der Waals surface area contributed by atoms with Gasteiger partial charge in [-0.2, -0.15) is 13.2 Å². The number of aliphatic carboxylic acids is 1. The van der Waals surface area contributed by atoms with E-state index in [1.54, 1.807) is 13.8 Å². The molecule has 0 aromatic carbocycles. The Morgan fingerprint density at radius 3 is 2.39 bits per heavy atom. The Morgan fingerprint density at radius 2 is 2.00 bits per heavy atom. The zero-order valence-corrected chi connectivity index (χ0v) is 10.8. The number of carboxylic acids is 1. The Balaban J connectivity index is 4.19. The van der Waals surface area contributed by atoms with Crippen LogP contribution in [0.3, 0.4) is 0 Å². The maximum atomic E-state index is 11.9. The molecule has 4 nitrogen and oxygen atoms in total. The Morgan fingerprint density at radius 1 is 1.44 bits per heavy atom. The Labute approximate surface area is 105 Å². The second kappa shape index (κ2) is 6.94. The van der Waals surface area contributed by atoms with Crippen LogP contribution in [0.15, 0.2) is 0 Å². The average Bonchev–Trinajstić information content (AvgIpc) is 2.15. The quantitative estimate of drug-likeness (QED) is 0.710. The first-order chi connectivity index (χ1) is 8.10. The highest BCUT2D eigenvalue weighted by Gasteiger charge is 2.34. The first-order valence-corrected chi connectivity index (χ1v) is 5.77. The molecule has 0 bridgehead atoms. The molecule has 0 spiro atoms. The SMILES string of the molecule is CCNC(C)(CC(C)OCCC(F)(F)F)C(=O)O. The minimum absolute atomic E-state index is 0.105. The standard InChI is InChI=1S/C11H20F3NO3/c1-4-15-10(3,9(16)17)7-8(2)18-6-5-11(12,13)14/h8,15H,4-7H2,1-3H3,(H,16,17). The zero-order valence-electron chi connectivity index (χ0n) is 10.8. The smallest absolute Gasteiger partial charge is 0.391 e. The van der Waals surface area contributed by atoms with Crippen molar-refractivity contribution in [1.29, 1.82) is 0 Å². The molecule has 0 heterocycles. The predicted octanol–water partition coefficient (Wildman–Crippen LogP) is 2.19. The second-order valence-electron chi connectivity index (χ2n) is 4.42. The van der Waals surface area contributed by atoms with Gasteiger partial charge in [0.1, 0.15) is 5.54 Å². The first kappa shape index (κ1) is 17.2. The molecule has 0 aliphatic heterocycles. The molecule has 0 rings (SSSR count). The van der Waals surface area contributed by atoms with E-state index < -0.39 is 36.8 Å². The maximum absolute atomic E-state index is 11.9. The van der Waals surface area contributed by atoms with Crippen LogP contribution >= 0.6 is 0 Å². The lowest BCUT2D eigenvalue weighted by atomic mass is 9.95. The van der Waals surface area contributed by atoms with Crippen LogP contribution in [0.2, 0.25) is 0 Å². The fraction of sp³-hybridized carbons (Fsp3) is 0.909. The predicted molar refractivity (Wildman–Crippen MR) is 60.4 cm³/mol. The lowest BCUT2D eigenvalue weighted by Crippen LogP contribution is -2.51. The van der Waals surface area contributed by atoms with Gasteiger partial charge in [-0.25, -0.2) is 0 Å². The molecule has 18 heavy (non-hydrogen) atoms.